The van der Waals surface area contributed by atoms with Crippen molar-refractivity contribution in [3.8, 4) is 0 Å². The average molecular weight is 324 g/mol. The molecule has 6 heteroatoms. The lowest BCUT2D eigenvalue weighted by Crippen LogP contribution is -2.48. The Morgan fingerprint density at radius 3 is 2.68 bits per heavy atom. The maximum absolute atomic E-state index is 12.5. The quantitative estimate of drug-likeness (QED) is 0.857. The molecule has 0 saturated carbocycles. The number of nitrogens with zero attached hydrogens (tertiary/aromatic N) is 2. The molecular weight excluding hydrogens is 300 g/mol. The molecule has 0 N–H and O–H groups in total. The smallest absolute Gasteiger partial charge is 0.410 e. The molecular formula is C16H24N2O3S. The number of amides is 1. The molecule has 0 spiro atoms. The summed E-state index contributed by atoms with van der Waals surface area (Å²) in [5.74, 6) is 0.448. The van der Waals surface area contributed by atoms with Crippen LogP contribution in [-0.4, -0.2) is 44.1 Å². The minimum absolute atomic E-state index is 0.0300. The third kappa shape index (κ3) is 4.80. The molecule has 1 amide bonds. The standard InChI is InChI=1S/C16H24N2O3S/c1-16(2,3)21-15(19)18-11-5-4-6-13(18)12-22(20)14-7-9-17-10-8-14/h7-10,13H,4-6,11-12H2,1-3H3/t13-,22+/m0/s1. The molecule has 2 rings (SSSR count). The second-order valence-electron chi connectivity index (χ2n) is 6.52. The molecule has 0 bridgehead atoms. The van der Waals surface area contributed by atoms with Crippen LogP contribution in [0.15, 0.2) is 29.4 Å². The SMILES string of the molecule is CC(C)(C)OC(=O)N1CCCC[C@H]1C[S@@](=O)c1ccncc1. The zero-order valence-corrected chi connectivity index (χ0v) is 14.3. The van der Waals surface area contributed by atoms with Crippen LogP contribution in [0.1, 0.15) is 40.0 Å². The minimum Gasteiger partial charge on any atom is -0.444 e. The molecule has 0 aromatic carbocycles. The molecule has 1 aromatic rings. The first kappa shape index (κ1) is 16.9. The maximum Gasteiger partial charge on any atom is 0.410 e. The van der Waals surface area contributed by atoms with E-state index in [0.717, 1.165) is 24.2 Å². The van der Waals surface area contributed by atoms with Crippen molar-refractivity contribution in [1.29, 1.82) is 0 Å². The maximum atomic E-state index is 12.5. The van der Waals surface area contributed by atoms with Gasteiger partial charge in [-0.2, -0.15) is 0 Å². The summed E-state index contributed by atoms with van der Waals surface area (Å²) < 4.78 is 17.9. The number of likely N-dealkylation sites (tertiary alicyclic amines) is 1. The molecule has 2 heterocycles. The van der Waals surface area contributed by atoms with Gasteiger partial charge in [0, 0.05) is 35.6 Å². The summed E-state index contributed by atoms with van der Waals surface area (Å²) in [6.45, 7) is 6.25. The van der Waals surface area contributed by atoms with Crippen molar-refractivity contribution in [2.45, 2.75) is 56.6 Å². The fourth-order valence-electron chi connectivity index (χ4n) is 2.50. The Balaban J connectivity index is 2.04. The van der Waals surface area contributed by atoms with E-state index >= 15 is 0 Å². The monoisotopic (exact) mass is 324 g/mol. The number of rotatable bonds is 3. The highest BCUT2D eigenvalue weighted by atomic mass is 32.2. The Labute approximate surface area is 134 Å². The van der Waals surface area contributed by atoms with Crippen LogP contribution in [-0.2, 0) is 15.5 Å². The van der Waals surface area contributed by atoms with E-state index in [1.807, 2.05) is 20.8 Å². The topological polar surface area (TPSA) is 59.5 Å². The van der Waals surface area contributed by atoms with Crippen LogP contribution < -0.4 is 0 Å². The molecule has 2 atom stereocenters. The molecule has 1 saturated heterocycles. The van der Waals surface area contributed by atoms with Gasteiger partial charge < -0.3 is 9.64 Å². The van der Waals surface area contributed by atoms with Crippen molar-refractivity contribution >= 4 is 16.9 Å². The van der Waals surface area contributed by atoms with Gasteiger partial charge in [0.25, 0.3) is 0 Å². The Bertz CT molecular complexity index is 528. The van der Waals surface area contributed by atoms with Crippen LogP contribution in [0.2, 0.25) is 0 Å². The van der Waals surface area contributed by atoms with Gasteiger partial charge in [-0.1, -0.05) is 0 Å². The minimum atomic E-state index is -1.13. The largest absolute Gasteiger partial charge is 0.444 e. The van der Waals surface area contributed by atoms with Gasteiger partial charge >= 0.3 is 6.09 Å². The fraction of sp³-hybridized carbons (Fsp3) is 0.625. The lowest BCUT2D eigenvalue weighted by atomic mass is 10.0. The number of piperidine rings is 1. The summed E-state index contributed by atoms with van der Waals surface area (Å²) >= 11 is 0. The summed E-state index contributed by atoms with van der Waals surface area (Å²) in [4.78, 5) is 18.8. The summed E-state index contributed by atoms with van der Waals surface area (Å²) in [5.41, 5.74) is -0.511. The van der Waals surface area contributed by atoms with E-state index in [1.54, 1.807) is 29.4 Å². The van der Waals surface area contributed by atoms with Crippen molar-refractivity contribution in [1.82, 2.24) is 9.88 Å². The van der Waals surface area contributed by atoms with Crippen LogP contribution in [0.25, 0.3) is 0 Å². The number of aromatic nitrogens is 1. The highest BCUT2D eigenvalue weighted by molar-refractivity contribution is 7.85. The number of hydrogen-bond donors (Lipinski definition) is 0. The molecule has 0 radical (unpaired) electrons. The van der Waals surface area contributed by atoms with Crippen molar-refractivity contribution in [3.63, 3.8) is 0 Å². The summed E-state index contributed by atoms with van der Waals surface area (Å²) in [5, 5.41) is 0. The lowest BCUT2D eigenvalue weighted by molar-refractivity contribution is 0.0125. The number of carbonyl (C=O) groups is 1. The Morgan fingerprint density at radius 1 is 1.36 bits per heavy atom. The first-order valence-corrected chi connectivity index (χ1v) is 8.97. The third-order valence-electron chi connectivity index (χ3n) is 3.51. The third-order valence-corrected chi connectivity index (χ3v) is 5.00. The second kappa shape index (κ2) is 7.22. The van der Waals surface area contributed by atoms with E-state index in [4.69, 9.17) is 4.74 Å². The van der Waals surface area contributed by atoms with E-state index in [-0.39, 0.29) is 12.1 Å². The molecule has 0 aliphatic carbocycles. The average Bonchev–Trinajstić information content (AvgIpc) is 2.47. The number of hydrogen-bond acceptors (Lipinski definition) is 4. The Morgan fingerprint density at radius 2 is 2.05 bits per heavy atom. The summed E-state index contributed by atoms with van der Waals surface area (Å²) in [6.07, 6.45) is 5.87. The van der Waals surface area contributed by atoms with Crippen LogP contribution >= 0.6 is 0 Å². The number of ether oxygens (including phenoxy) is 1. The molecule has 122 valence electrons. The molecule has 1 aromatic heterocycles. The van der Waals surface area contributed by atoms with Gasteiger partial charge in [0.2, 0.25) is 0 Å². The fourth-order valence-corrected chi connectivity index (χ4v) is 3.81. The van der Waals surface area contributed by atoms with Gasteiger partial charge in [0.15, 0.2) is 0 Å². The van der Waals surface area contributed by atoms with E-state index < -0.39 is 16.4 Å². The van der Waals surface area contributed by atoms with Crippen molar-refractivity contribution in [2.75, 3.05) is 12.3 Å². The van der Waals surface area contributed by atoms with E-state index in [2.05, 4.69) is 4.98 Å². The lowest BCUT2D eigenvalue weighted by Gasteiger charge is -2.36. The molecule has 5 nitrogen and oxygen atoms in total. The van der Waals surface area contributed by atoms with Gasteiger partial charge in [-0.05, 0) is 52.2 Å². The highest BCUT2D eigenvalue weighted by Gasteiger charge is 2.31. The summed E-state index contributed by atoms with van der Waals surface area (Å²) in [6, 6.07) is 3.49. The van der Waals surface area contributed by atoms with Crippen LogP contribution in [0.3, 0.4) is 0 Å². The van der Waals surface area contributed by atoms with Crippen molar-refractivity contribution in [2.24, 2.45) is 0 Å². The van der Waals surface area contributed by atoms with Gasteiger partial charge in [0.1, 0.15) is 5.60 Å². The second-order valence-corrected chi connectivity index (χ2v) is 8.01. The van der Waals surface area contributed by atoms with Gasteiger partial charge in [-0.25, -0.2) is 4.79 Å². The Kier molecular flexibility index (Phi) is 5.56. The highest BCUT2D eigenvalue weighted by Crippen LogP contribution is 2.22. The molecule has 0 unspecified atom stereocenters. The molecule has 1 fully saturated rings. The molecule has 1 aliphatic heterocycles. The van der Waals surface area contributed by atoms with Crippen molar-refractivity contribution in [3.05, 3.63) is 24.5 Å². The molecule has 1 aliphatic rings. The van der Waals surface area contributed by atoms with Gasteiger partial charge in [-0.3, -0.25) is 9.19 Å². The zero-order chi connectivity index (χ0) is 16.2. The normalized spacial score (nSPS) is 20.5. The summed E-state index contributed by atoms with van der Waals surface area (Å²) in [7, 11) is -1.13. The van der Waals surface area contributed by atoms with Gasteiger partial charge in [-0.15, -0.1) is 0 Å². The van der Waals surface area contributed by atoms with E-state index in [9.17, 15) is 9.00 Å². The Hall–Kier alpha value is -1.43. The first-order chi connectivity index (χ1) is 10.4. The molecule has 22 heavy (non-hydrogen) atoms. The van der Waals surface area contributed by atoms with Crippen molar-refractivity contribution < 1.29 is 13.7 Å². The van der Waals surface area contributed by atoms with Crippen LogP contribution in [0.5, 0.6) is 0 Å². The van der Waals surface area contributed by atoms with Crippen LogP contribution in [0, 0.1) is 0 Å². The number of pyridine rings is 1. The van der Waals surface area contributed by atoms with E-state index in [1.165, 1.54) is 0 Å². The first-order valence-electron chi connectivity index (χ1n) is 7.65. The van der Waals surface area contributed by atoms with Crippen LogP contribution in [0.4, 0.5) is 4.79 Å². The van der Waals surface area contributed by atoms with Gasteiger partial charge in [0.05, 0.1) is 10.8 Å². The zero-order valence-electron chi connectivity index (χ0n) is 13.4. The predicted molar refractivity (Wildman–Crippen MR) is 86.1 cm³/mol. The predicted octanol–water partition coefficient (Wildman–Crippen LogP) is 2.98. The van der Waals surface area contributed by atoms with E-state index in [0.29, 0.717) is 12.3 Å². The number of carbonyl (C=O) groups excluding carboxylic acids is 1.